The molecule has 5 heteroatoms. The van der Waals surface area contributed by atoms with Crippen LogP contribution in [0.4, 0.5) is 0 Å². The zero-order chi connectivity index (χ0) is 50.2. The number of hydrogen-bond acceptors (Lipinski definition) is 4. The van der Waals surface area contributed by atoms with E-state index in [-0.39, 0.29) is 0 Å². The molecule has 2 aliphatic carbocycles. The highest BCUT2D eigenvalue weighted by Gasteiger charge is 2.51. The first kappa shape index (κ1) is 44.1. The summed E-state index contributed by atoms with van der Waals surface area (Å²) in [5.41, 5.74) is 17.6. The molecule has 15 rings (SSSR count). The first-order valence-corrected chi connectivity index (χ1v) is 27.2. The summed E-state index contributed by atoms with van der Waals surface area (Å²) in [5, 5.41) is 7.05. The van der Waals surface area contributed by atoms with Gasteiger partial charge in [0.25, 0.3) is 0 Å². The number of para-hydroxylation sites is 1. The van der Waals surface area contributed by atoms with Crippen LogP contribution in [0.2, 0.25) is 0 Å². The van der Waals surface area contributed by atoms with Crippen LogP contribution in [0.3, 0.4) is 0 Å². The SMILES string of the molecule is c1ccc(-c2ccc(-c3nc(-c4ccccc4)nc(-c4cc(-c5nc6ccccc6c6cc7c(cc56)C5(c6ccccc6-c6ccccc65)c5ccccc5-7)cc(P(c5ccccc5)c5ccccc5)c4)n3)cc2)cc1. The summed E-state index contributed by atoms with van der Waals surface area (Å²) in [6.45, 7) is 0. The molecule has 4 nitrogen and oxygen atoms in total. The molecular formula is C71H45N4P. The van der Waals surface area contributed by atoms with Gasteiger partial charge < -0.3 is 0 Å². The fourth-order valence-electron chi connectivity index (χ4n) is 12.2. The number of nitrogens with zero attached hydrogens (tertiary/aromatic N) is 4. The lowest BCUT2D eigenvalue weighted by Gasteiger charge is -2.30. The molecule has 354 valence electrons. The maximum atomic E-state index is 5.75. The Bertz CT molecular complexity index is 4300. The Kier molecular flexibility index (Phi) is 10.4. The largest absolute Gasteiger partial charge is 0.247 e. The molecule has 0 atom stereocenters. The van der Waals surface area contributed by atoms with Gasteiger partial charge in [0.05, 0.1) is 16.6 Å². The highest BCUT2D eigenvalue weighted by molar-refractivity contribution is 7.79. The average Bonchev–Trinajstić information content (AvgIpc) is 4.19. The Morgan fingerprint density at radius 2 is 0.684 bits per heavy atom. The zero-order valence-corrected chi connectivity index (χ0v) is 42.1. The van der Waals surface area contributed by atoms with Crippen LogP contribution in [0.5, 0.6) is 0 Å². The molecule has 1 spiro atoms. The number of benzene rings is 11. The molecule has 0 bridgehead atoms. The molecule has 2 aromatic heterocycles. The van der Waals surface area contributed by atoms with Crippen LogP contribution >= 0.6 is 7.92 Å². The highest BCUT2D eigenvalue weighted by atomic mass is 31.1. The van der Waals surface area contributed by atoms with Crippen LogP contribution in [0, 0.1) is 0 Å². The third-order valence-electron chi connectivity index (χ3n) is 15.5. The average molecular weight is 985 g/mol. The standard InChI is InChI=1S/C71H45N4P/c1-5-21-46(22-6-1)47-37-39-49(40-38-47)69-73-68(48-23-7-2-8-24-48)74-70(75-69)51-41-50(42-54(43-51)76(52-25-9-3-10-26-52)53-27-11-4-12-28-53)67-61-45-65-60(44-59(61)58-32-16-20-36-66(58)72-67)57-31-15-19-35-64(57)71(65)62-33-17-13-29-55(62)56-30-14-18-34-63(56)71/h1-45H. The predicted octanol–water partition coefficient (Wildman–Crippen LogP) is 16.0. The second kappa shape index (κ2) is 17.9. The third-order valence-corrected chi connectivity index (χ3v) is 17.9. The van der Waals surface area contributed by atoms with Gasteiger partial charge in [-0.15, -0.1) is 0 Å². The van der Waals surface area contributed by atoms with Crippen LogP contribution in [0.25, 0.3) is 100 Å². The summed E-state index contributed by atoms with van der Waals surface area (Å²) in [6, 6.07) is 98.8. The molecule has 0 saturated carbocycles. The fourth-order valence-corrected chi connectivity index (χ4v) is 14.5. The molecular weight excluding hydrogens is 940 g/mol. The summed E-state index contributed by atoms with van der Waals surface area (Å²) in [7, 11) is -1.07. The maximum absolute atomic E-state index is 5.75. The smallest absolute Gasteiger partial charge is 0.164 e. The van der Waals surface area contributed by atoms with Crippen molar-refractivity contribution in [2.24, 2.45) is 0 Å². The van der Waals surface area contributed by atoms with Crippen molar-refractivity contribution in [1.82, 2.24) is 19.9 Å². The number of aromatic nitrogens is 4. The second-order valence-corrected chi connectivity index (χ2v) is 21.9. The van der Waals surface area contributed by atoms with E-state index in [0.29, 0.717) is 17.5 Å². The quantitative estimate of drug-likeness (QED) is 0.112. The van der Waals surface area contributed by atoms with Crippen LogP contribution in [-0.4, -0.2) is 19.9 Å². The van der Waals surface area contributed by atoms with Gasteiger partial charge in [0.2, 0.25) is 0 Å². The molecule has 2 aliphatic rings. The van der Waals surface area contributed by atoms with Crippen molar-refractivity contribution < 1.29 is 0 Å². The molecule has 11 aromatic carbocycles. The molecule has 0 radical (unpaired) electrons. The van der Waals surface area contributed by atoms with Crippen molar-refractivity contribution in [3.05, 3.63) is 295 Å². The number of fused-ring (bicyclic) bond motifs is 13. The van der Waals surface area contributed by atoms with Gasteiger partial charge >= 0.3 is 0 Å². The minimum absolute atomic E-state index is 0.521. The fraction of sp³-hybridized carbons (Fsp3) is 0.0141. The minimum Gasteiger partial charge on any atom is -0.247 e. The van der Waals surface area contributed by atoms with Gasteiger partial charge in [-0.05, 0) is 121 Å². The monoisotopic (exact) mass is 984 g/mol. The van der Waals surface area contributed by atoms with Crippen molar-refractivity contribution in [2.45, 2.75) is 5.41 Å². The topological polar surface area (TPSA) is 51.6 Å². The van der Waals surface area contributed by atoms with Gasteiger partial charge in [0, 0.05) is 33.0 Å². The molecule has 13 aromatic rings. The van der Waals surface area contributed by atoms with E-state index in [1.54, 1.807) is 0 Å². The maximum Gasteiger partial charge on any atom is 0.164 e. The van der Waals surface area contributed by atoms with Gasteiger partial charge in [-0.2, -0.15) is 0 Å². The van der Waals surface area contributed by atoms with E-state index in [1.165, 1.54) is 65.8 Å². The Hall–Kier alpha value is -9.47. The van der Waals surface area contributed by atoms with E-state index in [9.17, 15) is 0 Å². The Morgan fingerprint density at radius 1 is 0.250 bits per heavy atom. The van der Waals surface area contributed by atoms with Gasteiger partial charge in [0.15, 0.2) is 17.5 Å². The molecule has 0 N–H and O–H groups in total. The van der Waals surface area contributed by atoms with E-state index in [4.69, 9.17) is 19.9 Å². The van der Waals surface area contributed by atoms with Crippen LogP contribution in [0.1, 0.15) is 22.3 Å². The lowest BCUT2D eigenvalue weighted by atomic mass is 9.70. The van der Waals surface area contributed by atoms with E-state index in [2.05, 4.69) is 249 Å². The lowest BCUT2D eigenvalue weighted by molar-refractivity contribution is 0.795. The van der Waals surface area contributed by atoms with E-state index in [1.807, 2.05) is 24.3 Å². The summed E-state index contributed by atoms with van der Waals surface area (Å²) >= 11 is 0. The normalized spacial score (nSPS) is 12.7. The summed E-state index contributed by atoms with van der Waals surface area (Å²) in [6.07, 6.45) is 0. The van der Waals surface area contributed by atoms with Crippen molar-refractivity contribution in [3.63, 3.8) is 0 Å². The number of hydrogen-bond donors (Lipinski definition) is 0. The first-order valence-electron chi connectivity index (χ1n) is 25.9. The third kappa shape index (κ3) is 7.03. The van der Waals surface area contributed by atoms with Gasteiger partial charge in [0.1, 0.15) is 0 Å². The van der Waals surface area contributed by atoms with Crippen LogP contribution in [0.15, 0.2) is 273 Å². The Morgan fingerprint density at radius 3 is 1.28 bits per heavy atom. The molecule has 76 heavy (non-hydrogen) atoms. The van der Waals surface area contributed by atoms with E-state index in [0.717, 1.165) is 55.4 Å². The minimum atomic E-state index is -1.07. The number of pyridine rings is 1. The summed E-state index contributed by atoms with van der Waals surface area (Å²) < 4.78 is 0. The molecule has 2 heterocycles. The molecule has 0 unspecified atom stereocenters. The number of rotatable bonds is 8. The predicted molar refractivity (Wildman–Crippen MR) is 315 cm³/mol. The lowest BCUT2D eigenvalue weighted by Crippen LogP contribution is -2.25. The van der Waals surface area contributed by atoms with Gasteiger partial charge in [-0.25, -0.2) is 19.9 Å². The zero-order valence-electron chi connectivity index (χ0n) is 41.2. The highest BCUT2D eigenvalue weighted by Crippen LogP contribution is 2.63. The van der Waals surface area contributed by atoms with E-state index >= 15 is 0 Å². The molecule has 0 aliphatic heterocycles. The van der Waals surface area contributed by atoms with Crippen molar-refractivity contribution in [1.29, 1.82) is 0 Å². The molecule has 0 amide bonds. The van der Waals surface area contributed by atoms with Crippen LogP contribution in [-0.2, 0) is 5.41 Å². The van der Waals surface area contributed by atoms with Gasteiger partial charge in [-0.3, -0.25) is 0 Å². The Balaban J connectivity index is 1.02. The van der Waals surface area contributed by atoms with Crippen LogP contribution < -0.4 is 15.9 Å². The van der Waals surface area contributed by atoms with Gasteiger partial charge in [-0.1, -0.05) is 237 Å². The second-order valence-electron chi connectivity index (χ2n) is 19.7. The summed E-state index contributed by atoms with van der Waals surface area (Å²) in [5.74, 6) is 1.81. The summed E-state index contributed by atoms with van der Waals surface area (Å²) in [4.78, 5) is 21.8. The van der Waals surface area contributed by atoms with Crippen molar-refractivity contribution in [3.8, 4) is 78.8 Å². The van der Waals surface area contributed by atoms with Crippen molar-refractivity contribution >= 4 is 45.5 Å². The molecule has 0 fully saturated rings. The van der Waals surface area contributed by atoms with Crippen molar-refractivity contribution in [2.75, 3.05) is 0 Å². The Labute approximate surface area is 442 Å². The first-order chi connectivity index (χ1) is 37.7. The molecule has 0 saturated heterocycles. The van der Waals surface area contributed by atoms with E-state index < -0.39 is 13.3 Å².